The maximum atomic E-state index is 12.6. The molecule has 1 heterocycles. The van der Waals surface area contributed by atoms with Gasteiger partial charge in [0, 0.05) is 17.4 Å². The molecule has 2 aromatic rings. The minimum absolute atomic E-state index is 0.187. The van der Waals surface area contributed by atoms with Gasteiger partial charge >= 0.3 is 0 Å². The molecule has 0 spiro atoms. The van der Waals surface area contributed by atoms with Crippen LogP contribution in [0.3, 0.4) is 0 Å². The highest BCUT2D eigenvalue weighted by Crippen LogP contribution is 2.27. The minimum Gasteiger partial charge on any atom is -0.394 e. The Hall–Kier alpha value is -1.95. The Morgan fingerprint density at radius 3 is 2.62 bits per heavy atom. The van der Waals surface area contributed by atoms with E-state index in [2.05, 4.69) is 10.3 Å². The van der Waals surface area contributed by atoms with Crippen LogP contribution in [0.25, 0.3) is 0 Å². The van der Waals surface area contributed by atoms with E-state index in [-0.39, 0.29) is 13.0 Å². The molecule has 1 amide bonds. The molecule has 0 aliphatic carbocycles. The lowest BCUT2D eigenvalue weighted by atomic mass is 9.89. The number of halogens is 1. The van der Waals surface area contributed by atoms with Crippen LogP contribution in [-0.2, 0) is 16.8 Å². The summed E-state index contributed by atoms with van der Waals surface area (Å²) < 4.78 is 0. The van der Waals surface area contributed by atoms with Crippen molar-refractivity contribution in [3.05, 3.63) is 64.9 Å². The number of carbonyl (C=O) groups excluding carboxylic acids is 1. The molecule has 2 atom stereocenters. The Morgan fingerprint density at radius 1 is 1.33 bits per heavy atom. The quantitative estimate of drug-likeness (QED) is 0.715. The van der Waals surface area contributed by atoms with Crippen molar-refractivity contribution in [1.82, 2.24) is 10.3 Å². The van der Waals surface area contributed by atoms with E-state index in [1.807, 2.05) is 12.1 Å². The zero-order valence-electron chi connectivity index (χ0n) is 13.4. The van der Waals surface area contributed by atoms with Crippen LogP contribution in [0, 0.1) is 0 Å². The maximum absolute atomic E-state index is 12.6. The van der Waals surface area contributed by atoms with Gasteiger partial charge < -0.3 is 15.5 Å². The monoisotopic (exact) mass is 348 g/mol. The number of carbonyl (C=O) groups is 1. The van der Waals surface area contributed by atoms with Gasteiger partial charge in [0.1, 0.15) is 0 Å². The predicted molar refractivity (Wildman–Crippen MR) is 92.6 cm³/mol. The van der Waals surface area contributed by atoms with Gasteiger partial charge in [-0.3, -0.25) is 9.78 Å². The van der Waals surface area contributed by atoms with E-state index in [4.69, 9.17) is 11.6 Å². The lowest BCUT2D eigenvalue weighted by Crippen LogP contribution is -2.49. The summed E-state index contributed by atoms with van der Waals surface area (Å²) in [6.07, 6.45) is 3.94. The smallest absolute Gasteiger partial charge is 0.256 e. The molecule has 3 N–H and O–H groups in total. The van der Waals surface area contributed by atoms with Crippen molar-refractivity contribution in [1.29, 1.82) is 0 Å². The van der Waals surface area contributed by atoms with Crippen LogP contribution in [0.4, 0.5) is 0 Å². The first-order valence-corrected chi connectivity index (χ1v) is 8.16. The molecule has 1 aromatic carbocycles. The zero-order chi connectivity index (χ0) is 17.6. The summed E-state index contributed by atoms with van der Waals surface area (Å²) in [6.45, 7) is 1.49. The number of aromatic nitrogens is 1. The number of amides is 1. The Bertz CT molecular complexity index is 681. The van der Waals surface area contributed by atoms with Gasteiger partial charge in [-0.2, -0.15) is 0 Å². The van der Waals surface area contributed by atoms with Crippen molar-refractivity contribution < 1.29 is 15.0 Å². The van der Waals surface area contributed by atoms with E-state index in [1.54, 1.807) is 43.6 Å². The molecule has 0 unspecified atom stereocenters. The van der Waals surface area contributed by atoms with Gasteiger partial charge in [-0.25, -0.2) is 0 Å². The average Bonchev–Trinajstić information content (AvgIpc) is 2.61. The molecule has 2 rings (SSSR count). The van der Waals surface area contributed by atoms with Crippen molar-refractivity contribution in [3.8, 4) is 0 Å². The molecular weight excluding hydrogens is 328 g/mol. The van der Waals surface area contributed by atoms with Crippen LogP contribution in [0.15, 0.2) is 48.8 Å². The number of aliphatic hydroxyl groups excluding tert-OH is 1. The number of rotatable bonds is 7. The van der Waals surface area contributed by atoms with E-state index in [0.29, 0.717) is 17.0 Å². The minimum atomic E-state index is -1.70. The molecule has 24 heavy (non-hydrogen) atoms. The second kappa shape index (κ2) is 8.24. The standard InChI is InChI=1S/C18H21ClN2O3/c1-2-18(24,14-4-3-5-15(19)11-14)17(23)21-16(12-22)10-13-6-8-20-9-7-13/h3-9,11,16,22,24H,2,10,12H2,1H3,(H,21,23)/t16-,18-/m1/s1. The summed E-state index contributed by atoms with van der Waals surface area (Å²) in [7, 11) is 0. The molecule has 0 bridgehead atoms. The first kappa shape index (κ1) is 18.4. The highest BCUT2D eigenvalue weighted by Gasteiger charge is 2.37. The largest absolute Gasteiger partial charge is 0.394 e. The first-order valence-electron chi connectivity index (χ1n) is 7.78. The highest BCUT2D eigenvalue weighted by atomic mass is 35.5. The number of pyridine rings is 1. The molecule has 0 saturated heterocycles. The van der Waals surface area contributed by atoms with Crippen molar-refractivity contribution in [3.63, 3.8) is 0 Å². The molecule has 0 aliphatic heterocycles. The summed E-state index contributed by atoms with van der Waals surface area (Å²) in [6, 6.07) is 9.73. The van der Waals surface area contributed by atoms with Crippen molar-refractivity contribution in [2.75, 3.05) is 6.61 Å². The highest BCUT2D eigenvalue weighted by molar-refractivity contribution is 6.30. The second-order valence-electron chi connectivity index (χ2n) is 5.64. The van der Waals surface area contributed by atoms with Crippen molar-refractivity contribution in [2.45, 2.75) is 31.4 Å². The fraction of sp³-hybridized carbons (Fsp3) is 0.333. The van der Waals surface area contributed by atoms with Crippen LogP contribution >= 0.6 is 11.6 Å². The Kier molecular flexibility index (Phi) is 6.31. The normalized spacial score (nSPS) is 14.7. The van der Waals surface area contributed by atoms with Crippen LogP contribution in [0.2, 0.25) is 5.02 Å². The summed E-state index contributed by atoms with van der Waals surface area (Å²) >= 11 is 5.96. The van der Waals surface area contributed by atoms with E-state index >= 15 is 0 Å². The molecule has 0 saturated carbocycles. The first-order chi connectivity index (χ1) is 11.5. The molecule has 6 heteroatoms. The topological polar surface area (TPSA) is 82.5 Å². The van der Waals surface area contributed by atoms with E-state index < -0.39 is 17.6 Å². The molecule has 1 aromatic heterocycles. The van der Waals surface area contributed by atoms with Gasteiger partial charge in [-0.15, -0.1) is 0 Å². The second-order valence-corrected chi connectivity index (χ2v) is 6.07. The van der Waals surface area contributed by atoms with Gasteiger partial charge in [0.15, 0.2) is 5.60 Å². The Labute approximate surface area is 146 Å². The Balaban J connectivity index is 2.15. The fourth-order valence-electron chi connectivity index (χ4n) is 2.51. The van der Waals surface area contributed by atoms with E-state index in [9.17, 15) is 15.0 Å². The number of aliphatic hydroxyl groups is 2. The van der Waals surface area contributed by atoms with E-state index in [1.165, 1.54) is 0 Å². The molecule has 0 fully saturated rings. The average molecular weight is 349 g/mol. The summed E-state index contributed by atoms with van der Waals surface area (Å²) in [5, 5.41) is 23.6. The third kappa shape index (κ3) is 4.32. The fourth-order valence-corrected chi connectivity index (χ4v) is 2.70. The molecule has 128 valence electrons. The SMILES string of the molecule is CC[C@](O)(C(=O)N[C@@H](CO)Cc1ccncc1)c1cccc(Cl)c1. The third-order valence-electron chi connectivity index (χ3n) is 3.98. The number of hydrogen-bond donors (Lipinski definition) is 3. The van der Waals surface area contributed by atoms with Crippen LogP contribution in [0.1, 0.15) is 24.5 Å². The van der Waals surface area contributed by atoms with Gasteiger partial charge in [0.05, 0.1) is 12.6 Å². The maximum Gasteiger partial charge on any atom is 0.256 e. The van der Waals surface area contributed by atoms with Gasteiger partial charge in [-0.1, -0.05) is 30.7 Å². The summed E-state index contributed by atoms with van der Waals surface area (Å²) in [5.74, 6) is -0.555. The summed E-state index contributed by atoms with van der Waals surface area (Å²) in [5.41, 5.74) is -0.334. The number of nitrogens with one attached hydrogen (secondary N) is 1. The lowest BCUT2D eigenvalue weighted by Gasteiger charge is -2.28. The van der Waals surface area contributed by atoms with Gasteiger partial charge in [-0.05, 0) is 48.2 Å². The van der Waals surface area contributed by atoms with Crippen LogP contribution < -0.4 is 5.32 Å². The van der Waals surface area contributed by atoms with Crippen LogP contribution in [-0.4, -0.2) is 33.8 Å². The molecular formula is C18H21ClN2O3. The van der Waals surface area contributed by atoms with Gasteiger partial charge in [0.2, 0.25) is 0 Å². The number of hydrogen-bond acceptors (Lipinski definition) is 4. The Morgan fingerprint density at radius 2 is 2.04 bits per heavy atom. The van der Waals surface area contributed by atoms with Crippen LogP contribution in [0.5, 0.6) is 0 Å². The molecule has 0 aliphatic rings. The zero-order valence-corrected chi connectivity index (χ0v) is 14.2. The molecule has 5 nitrogen and oxygen atoms in total. The third-order valence-corrected chi connectivity index (χ3v) is 4.21. The van der Waals surface area contributed by atoms with E-state index in [0.717, 1.165) is 5.56 Å². The number of nitrogens with zero attached hydrogens (tertiary/aromatic N) is 1. The van der Waals surface area contributed by atoms with Crippen molar-refractivity contribution >= 4 is 17.5 Å². The summed E-state index contributed by atoms with van der Waals surface area (Å²) in [4.78, 5) is 16.6. The van der Waals surface area contributed by atoms with Gasteiger partial charge in [0.25, 0.3) is 5.91 Å². The molecule has 0 radical (unpaired) electrons. The van der Waals surface area contributed by atoms with Crippen molar-refractivity contribution in [2.24, 2.45) is 0 Å². The lowest BCUT2D eigenvalue weighted by molar-refractivity contribution is -0.142. The predicted octanol–water partition coefficient (Wildman–Crippen LogP) is 2.05. The number of benzene rings is 1.